The van der Waals surface area contributed by atoms with Gasteiger partial charge in [-0.05, 0) is 36.5 Å². The summed E-state index contributed by atoms with van der Waals surface area (Å²) in [6.07, 6.45) is 4.43. The van der Waals surface area contributed by atoms with Gasteiger partial charge in [0.25, 0.3) is 5.91 Å². The van der Waals surface area contributed by atoms with Crippen molar-refractivity contribution in [1.82, 2.24) is 14.2 Å². The molecule has 1 fully saturated rings. The fraction of sp³-hybridized carbons (Fsp3) is 0.450. The quantitative estimate of drug-likeness (QED) is 0.845. The molecular weight excluding hydrogens is 378 g/mol. The molecule has 1 saturated heterocycles. The normalized spacial score (nSPS) is 20.5. The summed E-state index contributed by atoms with van der Waals surface area (Å²) >= 11 is 0. The molecule has 2 aromatic rings. The number of benzene rings is 1. The van der Waals surface area contributed by atoms with Gasteiger partial charge in [0.15, 0.2) is 0 Å². The van der Waals surface area contributed by atoms with Crippen LogP contribution in [0.15, 0.2) is 41.4 Å². The topological polar surface area (TPSA) is 80.6 Å². The molecule has 4 rings (SSSR count). The fourth-order valence-electron chi connectivity index (χ4n) is 3.97. The third-order valence-corrected chi connectivity index (χ3v) is 7.36. The van der Waals surface area contributed by atoms with Crippen molar-refractivity contribution >= 4 is 15.9 Å². The number of carbonyl (C=O) groups excluding carboxylic acids is 1. The van der Waals surface area contributed by atoms with Crippen LogP contribution in [0.25, 0.3) is 0 Å². The van der Waals surface area contributed by atoms with Crippen molar-refractivity contribution in [3.05, 3.63) is 53.3 Å². The molecule has 0 spiro atoms. The zero-order valence-electron chi connectivity index (χ0n) is 15.9. The van der Waals surface area contributed by atoms with Crippen molar-refractivity contribution in [2.75, 3.05) is 26.3 Å². The first-order valence-electron chi connectivity index (χ1n) is 9.60. The van der Waals surface area contributed by atoms with Crippen molar-refractivity contribution in [3.8, 4) is 0 Å². The number of fused-ring (bicyclic) bond motifs is 1. The maximum atomic E-state index is 12.9. The van der Waals surface area contributed by atoms with E-state index in [1.165, 1.54) is 22.1 Å². The first-order valence-corrected chi connectivity index (χ1v) is 11.0. The van der Waals surface area contributed by atoms with E-state index in [1.807, 2.05) is 12.1 Å². The Morgan fingerprint density at radius 3 is 2.75 bits per heavy atom. The number of aryl methyl sites for hydroxylation is 2. The van der Waals surface area contributed by atoms with Crippen molar-refractivity contribution < 1.29 is 17.9 Å². The number of nitrogens with one attached hydrogen (secondary N) is 1. The molecule has 2 heterocycles. The van der Waals surface area contributed by atoms with Crippen LogP contribution >= 0.6 is 0 Å². The van der Waals surface area contributed by atoms with E-state index in [0.29, 0.717) is 32.0 Å². The second-order valence-corrected chi connectivity index (χ2v) is 9.24. The van der Waals surface area contributed by atoms with E-state index in [0.717, 1.165) is 24.8 Å². The number of hydrogen-bond donors (Lipinski definition) is 1. The summed E-state index contributed by atoms with van der Waals surface area (Å²) in [5.41, 5.74) is 2.76. The van der Waals surface area contributed by atoms with Crippen LogP contribution in [0.3, 0.4) is 0 Å². The average molecular weight is 404 g/mol. The van der Waals surface area contributed by atoms with E-state index in [9.17, 15) is 13.2 Å². The van der Waals surface area contributed by atoms with Crippen LogP contribution in [0.2, 0.25) is 0 Å². The lowest BCUT2D eigenvalue weighted by Gasteiger charge is -2.26. The minimum atomic E-state index is -3.63. The van der Waals surface area contributed by atoms with Gasteiger partial charge in [0.2, 0.25) is 10.0 Å². The minimum absolute atomic E-state index is 0.0494. The Bertz CT molecular complexity index is 977. The Morgan fingerprint density at radius 2 is 1.96 bits per heavy atom. The highest BCUT2D eigenvalue weighted by Crippen LogP contribution is 2.30. The van der Waals surface area contributed by atoms with Crippen molar-refractivity contribution in [3.63, 3.8) is 0 Å². The molecular formula is C20H25N3O4S. The van der Waals surface area contributed by atoms with Crippen LogP contribution in [0.1, 0.15) is 40.5 Å². The van der Waals surface area contributed by atoms with Gasteiger partial charge < -0.3 is 14.6 Å². The second-order valence-electron chi connectivity index (χ2n) is 7.31. The highest BCUT2D eigenvalue weighted by Gasteiger charge is 2.29. The number of ether oxygens (including phenoxy) is 1. The average Bonchev–Trinajstić information content (AvgIpc) is 3.11. The van der Waals surface area contributed by atoms with Gasteiger partial charge in [-0.3, -0.25) is 4.79 Å². The highest BCUT2D eigenvalue weighted by atomic mass is 32.2. The number of amides is 1. The third kappa shape index (κ3) is 3.59. The Morgan fingerprint density at radius 1 is 1.21 bits per heavy atom. The van der Waals surface area contributed by atoms with E-state index in [2.05, 4.69) is 17.4 Å². The first kappa shape index (κ1) is 19.2. The summed E-state index contributed by atoms with van der Waals surface area (Å²) in [7, 11) is -1.93. The smallest absolute Gasteiger partial charge is 0.268 e. The van der Waals surface area contributed by atoms with Crippen LogP contribution in [-0.4, -0.2) is 49.5 Å². The van der Waals surface area contributed by atoms with Gasteiger partial charge in [-0.2, -0.15) is 4.31 Å². The molecule has 1 atom stereocenters. The fourth-order valence-corrected chi connectivity index (χ4v) is 5.45. The molecule has 1 N–H and O–H groups in total. The number of hydrogen-bond acceptors (Lipinski definition) is 4. The van der Waals surface area contributed by atoms with Gasteiger partial charge in [-0.25, -0.2) is 8.42 Å². The maximum Gasteiger partial charge on any atom is 0.268 e. The highest BCUT2D eigenvalue weighted by molar-refractivity contribution is 7.89. The molecule has 0 saturated carbocycles. The van der Waals surface area contributed by atoms with Crippen molar-refractivity contribution in [2.45, 2.75) is 30.2 Å². The first-order chi connectivity index (χ1) is 13.5. The van der Waals surface area contributed by atoms with Crippen LogP contribution in [0, 0.1) is 0 Å². The maximum absolute atomic E-state index is 12.9. The molecule has 1 aliphatic heterocycles. The van der Waals surface area contributed by atoms with Crippen LogP contribution in [0.4, 0.5) is 0 Å². The largest absolute Gasteiger partial charge is 0.379 e. The van der Waals surface area contributed by atoms with Crippen LogP contribution < -0.4 is 5.32 Å². The van der Waals surface area contributed by atoms with Gasteiger partial charge in [-0.1, -0.05) is 24.3 Å². The summed E-state index contributed by atoms with van der Waals surface area (Å²) in [6, 6.07) is 9.57. The molecule has 0 radical (unpaired) electrons. The molecule has 1 aliphatic carbocycles. The number of nitrogens with zero attached hydrogens (tertiary/aromatic N) is 2. The summed E-state index contributed by atoms with van der Waals surface area (Å²) in [4.78, 5) is 13.0. The van der Waals surface area contributed by atoms with E-state index in [4.69, 9.17) is 4.74 Å². The van der Waals surface area contributed by atoms with E-state index in [-0.39, 0.29) is 16.8 Å². The molecule has 0 bridgehead atoms. The number of rotatable bonds is 4. The zero-order chi connectivity index (χ0) is 19.7. The molecule has 1 aromatic heterocycles. The molecule has 7 nitrogen and oxygen atoms in total. The SMILES string of the molecule is Cn1cc(S(=O)(=O)N2CCOCC2)cc1C(=O)NC1CCCc2ccccc21. The van der Waals surface area contributed by atoms with Gasteiger partial charge >= 0.3 is 0 Å². The lowest BCUT2D eigenvalue weighted by atomic mass is 9.87. The van der Waals surface area contributed by atoms with Crippen molar-refractivity contribution in [2.24, 2.45) is 7.05 Å². The second kappa shape index (κ2) is 7.69. The van der Waals surface area contributed by atoms with Gasteiger partial charge in [-0.15, -0.1) is 0 Å². The Labute approximate surface area is 165 Å². The summed E-state index contributed by atoms with van der Waals surface area (Å²) in [5.74, 6) is -0.257. The van der Waals surface area contributed by atoms with E-state index >= 15 is 0 Å². The Hall–Kier alpha value is -2.16. The zero-order valence-corrected chi connectivity index (χ0v) is 16.7. The van der Waals surface area contributed by atoms with Crippen LogP contribution in [-0.2, 0) is 28.2 Å². The number of carbonyl (C=O) groups is 1. The predicted molar refractivity (Wildman–Crippen MR) is 105 cm³/mol. The Balaban J connectivity index is 1.55. The minimum Gasteiger partial charge on any atom is -0.379 e. The van der Waals surface area contributed by atoms with Crippen molar-refractivity contribution in [1.29, 1.82) is 0 Å². The van der Waals surface area contributed by atoms with Gasteiger partial charge in [0.1, 0.15) is 10.6 Å². The molecule has 1 unspecified atom stereocenters. The predicted octanol–water partition coefficient (Wildman–Crippen LogP) is 1.85. The number of morpholine rings is 1. The molecule has 150 valence electrons. The third-order valence-electron chi connectivity index (χ3n) is 5.50. The molecule has 2 aliphatic rings. The molecule has 8 heteroatoms. The lowest BCUT2D eigenvalue weighted by Crippen LogP contribution is -2.40. The monoisotopic (exact) mass is 403 g/mol. The summed E-state index contributed by atoms with van der Waals surface area (Å²) < 4.78 is 33.9. The van der Waals surface area contributed by atoms with E-state index < -0.39 is 10.0 Å². The van der Waals surface area contributed by atoms with Crippen LogP contribution in [0.5, 0.6) is 0 Å². The molecule has 1 aromatic carbocycles. The standard InChI is InChI=1S/C20H25N3O4S/c1-22-14-16(28(25,26)23-9-11-27-12-10-23)13-19(22)20(24)21-18-8-4-6-15-5-2-3-7-17(15)18/h2-3,5,7,13-14,18H,4,6,8-12H2,1H3,(H,21,24). The summed E-state index contributed by atoms with van der Waals surface area (Å²) in [5, 5.41) is 3.09. The molecule has 1 amide bonds. The Kier molecular flexibility index (Phi) is 5.27. The van der Waals surface area contributed by atoms with E-state index in [1.54, 1.807) is 11.6 Å². The summed E-state index contributed by atoms with van der Waals surface area (Å²) in [6.45, 7) is 1.44. The molecule has 28 heavy (non-hydrogen) atoms. The van der Waals surface area contributed by atoms with Gasteiger partial charge in [0, 0.05) is 26.3 Å². The van der Waals surface area contributed by atoms with Gasteiger partial charge in [0.05, 0.1) is 19.3 Å². The lowest BCUT2D eigenvalue weighted by molar-refractivity contribution is 0.0730. The number of aromatic nitrogens is 1. The number of sulfonamides is 1.